The number of carbonyl (C=O) groups is 3. The first-order valence-electron chi connectivity index (χ1n) is 9.02. The number of rotatable bonds is 9. The van der Waals surface area contributed by atoms with Crippen molar-refractivity contribution in [1.29, 1.82) is 0 Å². The van der Waals surface area contributed by atoms with E-state index in [0.29, 0.717) is 27.8 Å². The fourth-order valence-electron chi connectivity index (χ4n) is 2.66. The lowest BCUT2D eigenvalue weighted by Crippen LogP contribution is -2.29. The van der Waals surface area contributed by atoms with Gasteiger partial charge in [-0.1, -0.05) is 23.7 Å². The molecule has 9 heteroatoms. The molecular formula is C21H23ClN2O6. The van der Waals surface area contributed by atoms with Gasteiger partial charge >= 0.3 is 5.97 Å². The second-order valence-corrected chi connectivity index (χ2v) is 6.72. The number of methoxy groups -OCH3 is 2. The normalized spacial score (nSPS) is 11.2. The number of carbonyl (C=O) groups excluding carboxylic acids is 3. The van der Waals surface area contributed by atoms with Crippen molar-refractivity contribution in [1.82, 2.24) is 5.32 Å². The Hall–Kier alpha value is -3.26. The molecule has 0 heterocycles. The van der Waals surface area contributed by atoms with E-state index in [1.165, 1.54) is 21.1 Å². The maximum Gasteiger partial charge on any atom is 0.308 e. The van der Waals surface area contributed by atoms with Gasteiger partial charge < -0.3 is 24.8 Å². The predicted molar refractivity (Wildman–Crippen MR) is 112 cm³/mol. The number of anilines is 1. The van der Waals surface area contributed by atoms with Crippen molar-refractivity contribution in [3.05, 3.63) is 53.1 Å². The van der Waals surface area contributed by atoms with Crippen LogP contribution in [0.4, 0.5) is 5.69 Å². The molecule has 0 aliphatic rings. The molecule has 0 bridgehead atoms. The molecule has 0 aliphatic carbocycles. The molecule has 2 aromatic rings. The zero-order valence-electron chi connectivity index (χ0n) is 16.9. The van der Waals surface area contributed by atoms with Gasteiger partial charge in [0.25, 0.3) is 5.91 Å². The molecule has 0 saturated heterocycles. The van der Waals surface area contributed by atoms with Gasteiger partial charge in [0, 0.05) is 18.0 Å². The van der Waals surface area contributed by atoms with Crippen LogP contribution >= 0.6 is 11.6 Å². The number of hydrogen-bond acceptors (Lipinski definition) is 6. The van der Waals surface area contributed by atoms with Crippen molar-refractivity contribution < 1.29 is 28.6 Å². The van der Waals surface area contributed by atoms with E-state index in [0.717, 1.165) is 0 Å². The lowest BCUT2D eigenvalue weighted by molar-refractivity contribution is -0.148. The smallest absolute Gasteiger partial charge is 0.308 e. The summed E-state index contributed by atoms with van der Waals surface area (Å²) in [6, 6.07) is 11.0. The van der Waals surface area contributed by atoms with E-state index in [-0.39, 0.29) is 12.3 Å². The number of nitrogens with one attached hydrogen (secondary N) is 2. The lowest BCUT2D eigenvalue weighted by atomic mass is 10.0. The van der Waals surface area contributed by atoms with Crippen molar-refractivity contribution in [2.24, 2.45) is 0 Å². The third-order valence-corrected chi connectivity index (χ3v) is 4.32. The van der Waals surface area contributed by atoms with Crippen LogP contribution in [0.15, 0.2) is 42.5 Å². The van der Waals surface area contributed by atoms with Gasteiger partial charge in [0.05, 0.1) is 32.4 Å². The largest absolute Gasteiger partial charge is 0.497 e. The van der Waals surface area contributed by atoms with E-state index < -0.39 is 24.5 Å². The average Bonchev–Trinajstić information content (AvgIpc) is 2.72. The van der Waals surface area contributed by atoms with Gasteiger partial charge in [-0.2, -0.15) is 0 Å². The number of ether oxygens (including phenoxy) is 3. The van der Waals surface area contributed by atoms with Crippen LogP contribution in [-0.2, 0) is 19.1 Å². The SMILES string of the molecule is COc1ccc(OC)c(NC(=O)COC(=O)CC(NC(C)=O)c2ccc(Cl)cc2)c1. The number of esters is 1. The highest BCUT2D eigenvalue weighted by molar-refractivity contribution is 6.30. The third kappa shape index (κ3) is 6.97. The van der Waals surface area contributed by atoms with E-state index >= 15 is 0 Å². The van der Waals surface area contributed by atoms with E-state index in [9.17, 15) is 14.4 Å². The van der Waals surface area contributed by atoms with Crippen molar-refractivity contribution in [3.63, 3.8) is 0 Å². The molecule has 1 unspecified atom stereocenters. The molecule has 0 spiro atoms. The van der Waals surface area contributed by atoms with Crippen molar-refractivity contribution in [3.8, 4) is 11.5 Å². The van der Waals surface area contributed by atoms with Crippen LogP contribution in [0.2, 0.25) is 5.02 Å². The van der Waals surface area contributed by atoms with Gasteiger partial charge in [0.1, 0.15) is 11.5 Å². The highest BCUT2D eigenvalue weighted by Gasteiger charge is 2.19. The van der Waals surface area contributed by atoms with Gasteiger partial charge in [-0.3, -0.25) is 14.4 Å². The maximum absolute atomic E-state index is 12.2. The second-order valence-electron chi connectivity index (χ2n) is 6.28. The summed E-state index contributed by atoms with van der Waals surface area (Å²) in [5.41, 5.74) is 1.08. The quantitative estimate of drug-likeness (QED) is 0.588. The van der Waals surface area contributed by atoms with Crippen LogP contribution in [0.1, 0.15) is 24.9 Å². The van der Waals surface area contributed by atoms with Gasteiger partial charge in [0.2, 0.25) is 5.91 Å². The number of hydrogen-bond donors (Lipinski definition) is 2. The summed E-state index contributed by atoms with van der Waals surface area (Å²) in [6.45, 7) is 0.857. The monoisotopic (exact) mass is 434 g/mol. The van der Waals surface area contributed by atoms with Crippen LogP contribution in [0.25, 0.3) is 0 Å². The molecule has 160 valence electrons. The zero-order chi connectivity index (χ0) is 22.1. The standard InChI is InChI=1S/C21H23ClN2O6/c1-13(25)23-17(14-4-6-15(22)7-5-14)11-21(27)30-12-20(26)24-18-10-16(28-2)8-9-19(18)29-3/h4-10,17H,11-12H2,1-3H3,(H,23,25)(H,24,26). The average molecular weight is 435 g/mol. The van der Waals surface area contributed by atoms with Gasteiger partial charge in [-0.25, -0.2) is 0 Å². The van der Waals surface area contributed by atoms with Crippen LogP contribution in [0.5, 0.6) is 11.5 Å². The predicted octanol–water partition coefficient (Wildman–Crippen LogP) is 3.11. The summed E-state index contributed by atoms with van der Waals surface area (Å²) in [5, 5.41) is 5.83. The minimum absolute atomic E-state index is 0.142. The summed E-state index contributed by atoms with van der Waals surface area (Å²) in [5.74, 6) is -0.521. The topological polar surface area (TPSA) is 103 Å². The van der Waals surface area contributed by atoms with Crippen LogP contribution in [0.3, 0.4) is 0 Å². The molecule has 8 nitrogen and oxygen atoms in total. The van der Waals surface area contributed by atoms with E-state index in [2.05, 4.69) is 10.6 Å². The third-order valence-electron chi connectivity index (χ3n) is 4.07. The Morgan fingerprint density at radius 2 is 1.73 bits per heavy atom. The fraction of sp³-hybridized carbons (Fsp3) is 0.286. The number of halogens is 1. The first-order valence-corrected chi connectivity index (χ1v) is 9.40. The molecule has 1 atom stereocenters. The Labute approximate surface area is 179 Å². The van der Waals surface area contributed by atoms with E-state index in [4.69, 9.17) is 25.8 Å². The molecule has 0 aliphatic heterocycles. The van der Waals surface area contributed by atoms with Gasteiger partial charge in [0.15, 0.2) is 6.61 Å². The number of amides is 2. The van der Waals surface area contributed by atoms with Crippen molar-refractivity contribution in [2.45, 2.75) is 19.4 Å². The molecule has 0 aromatic heterocycles. The minimum atomic E-state index is -0.642. The van der Waals surface area contributed by atoms with Crippen molar-refractivity contribution in [2.75, 3.05) is 26.1 Å². The lowest BCUT2D eigenvalue weighted by Gasteiger charge is -2.18. The maximum atomic E-state index is 12.2. The molecule has 0 saturated carbocycles. The van der Waals surface area contributed by atoms with E-state index in [1.807, 2.05) is 0 Å². The molecular weight excluding hydrogens is 412 g/mol. The molecule has 0 fully saturated rings. The second kappa shape index (κ2) is 11.1. The van der Waals surface area contributed by atoms with Gasteiger partial charge in [-0.15, -0.1) is 0 Å². The first-order chi connectivity index (χ1) is 14.3. The summed E-state index contributed by atoms with van der Waals surface area (Å²) in [7, 11) is 2.97. The Kier molecular flexibility index (Phi) is 8.49. The van der Waals surface area contributed by atoms with Crippen LogP contribution in [-0.4, -0.2) is 38.6 Å². The van der Waals surface area contributed by atoms with Crippen LogP contribution in [0, 0.1) is 0 Å². The summed E-state index contributed by atoms with van der Waals surface area (Å²) in [4.78, 5) is 35.9. The summed E-state index contributed by atoms with van der Waals surface area (Å²) in [6.07, 6.45) is -0.142. The Morgan fingerprint density at radius 3 is 2.33 bits per heavy atom. The molecule has 2 N–H and O–H groups in total. The van der Waals surface area contributed by atoms with E-state index in [1.54, 1.807) is 42.5 Å². The molecule has 30 heavy (non-hydrogen) atoms. The summed E-state index contributed by atoms with van der Waals surface area (Å²) >= 11 is 5.88. The summed E-state index contributed by atoms with van der Waals surface area (Å²) < 4.78 is 15.4. The molecule has 0 radical (unpaired) electrons. The Balaban J connectivity index is 1.95. The minimum Gasteiger partial charge on any atom is -0.497 e. The Morgan fingerprint density at radius 1 is 1.03 bits per heavy atom. The highest BCUT2D eigenvalue weighted by Crippen LogP contribution is 2.28. The van der Waals surface area contributed by atoms with Crippen LogP contribution < -0.4 is 20.1 Å². The molecule has 2 rings (SSSR count). The first kappa shape index (κ1) is 23.0. The van der Waals surface area contributed by atoms with Gasteiger partial charge in [-0.05, 0) is 29.8 Å². The molecule has 2 aromatic carbocycles. The molecule has 2 amide bonds. The van der Waals surface area contributed by atoms with Crippen molar-refractivity contribution >= 4 is 35.1 Å². The fourth-order valence-corrected chi connectivity index (χ4v) is 2.79. The number of benzene rings is 2. The Bertz CT molecular complexity index is 901. The zero-order valence-corrected chi connectivity index (χ0v) is 17.6. The highest BCUT2D eigenvalue weighted by atomic mass is 35.5.